The van der Waals surface area contributed by atoms with Crippen molar-refractivity contribution in [3.05, 3.63) is 23.8 Å². The van der Waals surface area contributed by atoms with E-state index in [-0.39, 0.29) is 36.7 Å². The van der Waals surface area contributed by atoms with Crippen molar-refractivity contribution in [2.45, 2.75) is 93.2 Å². The van der Waals surface area contributed by atoms with Gasteiger partial charge in [0.15, 0.2) is 11.5 Å². The molecule has 0 saturated carbocycles. The summed E-state index contributed by atoms with van der Waals surface area (Å²) in [6.45, 7) is 15.5. The summed E-state index contributed by atoms with van der Waals surface area (Å²) in [5.74, 6) is -2.67. The number of carboxylic acids is 1. The molecule has 0 aliphatic rings. The van der Waals surface area contributed by atoms with Gasteiger partial charge >= 0.3 is 23.9 Å². The second-order valence-corrected chi connectivity index (χ2v) is 11.8. The molecule has 1 rings (SSSR count). The number of aliphatic carboxylic acids is 1. The lowest BCUT2D eigenvalue weighted by atomic mass is 9.86. The molecule has 0 spiro atoms. The lowest BCUT2D eigenvalue weighted by molar-refractivity contribution is -0.154. The zero-order valence-corrected chi connectivity index (χ0v) is 22.9. The maximum absolute atomic E-state index is 12.6. The van der Waals surface area contributed by atoms with Crippen LogP contribution in [0, 0.1) is 16.7 Å². The standard InChI is InChI=1S/C27H41NO8/c1-16(2)12-21(29)34-17(3)14-27(28,22(30)31)15-18-10-11-19(35-23(32)25(4,5)6)20(13-18)36-24(33)26(7,8)9/h10-11,13,16-17H,12,14-15,28H2,1-9H3,(H,30,31)/t17-,27?/m0/s1. The molecule has 0 amide bonds. The Morgan fingerprint density at radius 3 is 1.83 bits per heavy atom. The third kappa shape index (κ3) is 9.60. The number of ether oxygens (including phenoxy) is 3. The number of rotatable bonds is 10. The van der Waals surface area contributed by atoms with E-state index >= 15 is 0 Å². The molecule has 2 atom stereocenters. The normalized spacial score (nSPS) is 14.5. The van der Waals surface area contributed by atoms with Gasteiger partial charge < -0.3 is 25.1 Å². The number of esters is 3. The van der Waals surface area contributed by atoms with E-state index in [1.54, 1.807) is 54.5 Å². The molecule has 0 saturated heterocycles. The molecule has 9 heteroatoms. The predicted octanol–water partition coefficient (Wildman–Crippen LogP) is 4.28. The van der Waals surface area contributed by atoms with Crippen LogP contribution in [0.3, 0.4) is 0 Å². The average molecular weight is 508 g/mol. The number of carbonyl (C=O) groups is 4. The molecule has 0 heterocycles. The fourth-order valence-electron chi connectivity index (χ4n) is 3.09. The van der Waals surface area contributed by atoms with Crippen molar-refractivity contribution in [2.75, 3.05) is 0 Å². The smallest absolute Gasteiger partial charge is 0.324 e. The van der Waals surface area contributed by atoms with Gasteiger partial charge in [0.2, 0.25) is 0 Å². The molecule has 0 radical (unpaired) electrons. The van der Waals surface area contributed by atoms with Crippen LogP contribution in [-0.2, 0) is 30.3 Å². The lowest BCUT2D eigenvalue weighted by Crippen LogP contribution is -2.52. The van der Waals surface area contributed by atoms with Crippen molar-refractivity contribution < 1.29 is 38.5 Å². The first-order valence-corrected chi connectivity index (χ1v) is 12.0. The minimum absolute atomic E-state index is 0.0193. The van der Waals surface area contributed by atoms with E-state index in [1.807, 2.05) is 13.8 Å². The van der Waals surface area contributed by atoms with E-state index in [4.69, 9.17) is 19.9 Å². The molecule has 202 valence electrons. The topological polar surface area (TPSA) is 142 Å². The van der Waals surface area contributed by atoms with E-state index < -0.39 is 46.4 Å². The quantitative estimate of drug-likeness (QED) is 0.350. The van der Waals surface area contributed by atoms with Crippen LogP contribution in [-0.4, -0.2) is 40.6 Å². The van der Waals surface area contributed by atoms with Crippen molar-refractivity contribution in [3.63, 3.8) is 0 Å². The van der Waals surface area contributed by atoms with Gasteiger partial charge in [-0.15, -0.1) is 0 Å². The van der Waals surface area contributed by atoms with Crippen LogP contribution in [0.1, 0.15) is 80.7 Å². The van der Waals surface area contributed by atoms with Crippen LogP contribution in [0.4, 0.5) is 0 Å². The molecule has 0 aromatic heterocycles. The minimum Gasteiger partial charge on any atom is -0.480 e. The third-order valence-electron chi connectivity index (χ3n) is 5.14. The molecule has 0 bridgehead atoms. The van der Waals surface area contributed by atoms with Crippen molar-refractivity contribution in [1.29, 1.82) is 0 Å². The van der Waals surface area contributed by atoms with Crippen LogP contribution in [0.15, 0.2) is 18.2 Å². The highest BCUT2D eigenvalue weighted by Gasteiger charge is 2.37. The summed E-state index contributed by atoms with van der Waals surface area (Å²) < 4.78 is 16.4. The number of nitrogens with two attached hydrogens (primary N) is 1. The summed E-state index contributed by atoms with van der Waals surface area (Å²) in [4.78, 5) is 49.1. The zero-order chi connectivity index (χ0) is 28.1. The average Bonchev–Trinajstić information content (AvgIpc) is 2.67. The van der Waals surface area contributed by atoms with Crippen LogP contribution >= 0.6 is 0 Å². The second kappa shape index (κ2) is 11.9. The number of carbonyl (C=O) groups excluding carboxylic acids is 3. The Kier molecular flexibility index (Phi) is 10.2. The Labute approximate surface area is 213 Å². The largest absolute Gasteiger partial charge is 0.480 e. The van der Waals surface area contributed by atoms with Crippen molar-refractivity contribution in [1.82, 2.24) is 0 Å². The van der Waals surface area contributed by atoms with Crippen molar-refractivity contribution >= 4 is 23.9 Å². The molecule has 1 aromatic carbocycles. The van der Waals surface area contributed by atoms with Gasteiger partial charge in [0, 0.05) is 19.3 Å². The summed E-state index contributed by atoms with van der Waals surface area (Å²) in [5.41, 5.74) is 3.29. The van der Waals surface area contributed by atoms with Crippen LogP contribution in [0.25, 0.3) is 0 Å². The summed E-state index contributed by atoms with van der Waals surface area (Å²) in [7, 11) is 0. The molecular formula is C27H41NO8. The van der Waals surface area contributed by atoms with E-state index in [0.29, 0.717) is 5.56 Å². The van der Waals surface area contributed by atoms with Gasteiger partial charge in [-0.3, -0.25) is 19.2 Å². The molecular weight excluding hydrogens is 466 g/mol. The summed E-state index contributed by atoms with van der Waals surface area (Å²) in [6, 6.07) is 4.44. The lowest BCUT2D eigenvalue weighted by Gasteiger charge is -2.28. The Morgan fingerprint density at radius 2 is 1.39 bits per heavy atom. The fourth-order valence-corrected chi connectivity index (χ4v) is 3.09. The fraction of sp³-hybridized carbons (Fsp3) is 0.630. The predicted molar refractivity (Wildman–Crippen MR) is 135 cm³/mol. The maximum Gasteiger partial charge on any atom is 0.324 e. The van der Waals surface area contributed by atoms with Gasteiger partial charge in [0.05, 0.1) is 10.8 Å². The first kappa shape index (κ1) is 31.1. The van der Waals surface area contributed by atoms with E-state index in [9.17, 15) is 24.3 Å². The van der Waals surface area contributed by atoms with E-state index in [2.05, 4.69) is 0 Å². The molecule has 1 aromatic rings. The maximum atomic E-state index is 12.6. The molecule has 36 heavy (non-hydrogen) atoms. The number of hydrogen-bond donors (Lipinski definition) is 2. The van der Waals surface area contributed by atoms with Gasteiger partial charge in [0.25, 0.3) is 0 Å². The Bertz CT molecular complexity index is 971. The monoisotopic (exact) mass is 507 g/mol. The van der Waals surface area contributed by atoms with Gasteiger partial charge in [-0.05, 0) is 72.1 Å². The van der Waals surface area contributed by atoms with Crippen LogP contribution in [0.5, 0.6) is 11.5 Å². The first-order valence-electron chi connectivity index (χ1n) is 12.0. The highest BCUT2D eigenvalue weighted by Crippen LogP contribution is 2.34. The molecule has 0 aliphatic carbocycles. The highest BCUT2D eigenvalue weighted by molar-refractivity contribution is 5.82. The summed E-state index contributed by atoms with van der Waals surface area (Å²) >= 11 is 0. The first-order chi connectivity index (χ1) is 16.2. The molecule has 3 N–H and O–H groups in total. The SMILES string of the molecule is CC(C)CC(=O)O[C@@H](C)CC(N)(Cc1ccc(OC(=O)C(C)(C)C)c(OC(=O)C(C)(C)C)c1)C(=O)O. The number of benzene rings is 1. The van der Waals surface area contributed by atoms with Gasteiger partial charge in [-0.25, -0.2) is 0 Å². The van der Waals surface area contributed by atoms with Crippen LogP contribution < -0.4 is 15.2 Å². The second-order valence-electron chi connectivity index (χ2n) is 11.8. The van der Waals surface area contributed by atoms with E-state index in [1.165, 1.54) is 12.1 Å². The highest BCUT2D eigenvalue weighted by atomic mass is 16.6. The third-order valence-corrected chi connectivity index (χ3v) is 5.14. The Hall–Kier alpha value is -2.94. The van der Waals surface area contributed by atoms with Gasteiger partial charge in [0.1, 0.15) is 11.6 Å². The summed E-state index contributed by atoms with van der Waals surface area (Å²) in [6.07, 6.45) is -0.805. The number of carboxylic acid groups (broad SMARTS) is 1. The van der Waals surface area contributed by atoms with E-state index in [0.717, 1.165) is 0 Å². The molecule has 1 unspecified atom stereocenters. The van der Waals surface area contributed by atoms with Gasteiger partial charge in [-0.1, -0.05) is 19.9 Å². The molecule has 9 nitrogen and oxygen atoms in total. The van der Waals surface area contributed by atoms with Crippen LogP contribution in [0.2, 0.25) is 0 Å². The molecule has 0 aliphatic heterocycles. The number of hydrogen-bond acceptors (Lipinski definition) is 8. The summed E-state index contributed by atoms with van der Waals surface area (Å²) in [5, 5.41) is 9.89. The van der Waals surface area contributed by atoms with Crippen molar-refractivity contribution in [3.8, 4) is 11.5 Å². The van der Waals surface area contributed by atoms with Gasteiger partial charge in [-0.2, -0.15) is 0 Å². The molecule has 0 fully saturated rings. The Morgan fingerprint density at radius 1 is 0.889 bits per heavy atom. The zero-order valence-electron chi connectivity index (χ0n) is 22.9. The van der Waals surface area contributed by atoms with Crippen molar-refractivity contribution in [2.24, 2.45) is 22.5 Å². The Balaban J connectivity index is 3.27. The minimum atomic E-state index is -1.77.